The van der Waals surface area contributed by atoms with Gasteiger partial charge in [0.1, 0.15) is 0 Å². The molecule has 2 rings (SSSR count). The molecule has 2 aliphatic rings. The summed E-state index contributed by atoms with van der Waals surface area (Å²) in [5.74, 6) is 0.651. The van der Waals surface area contributed by atoms with E-state index in [1.165, 1.54) is 58.5 Å². The maximum absolute atomic E-state index is 9.93. The van der Waals surface area contributed by atoms with Crippen LogP contribution in [0.4, 0.5) is 0 Å². The first-order valence-corrected chi connectivity index (χ1v) is 9.04. The third kappa shape index (κ3) is 4.41. The van der Waals surface area contributed by atoms with Gasteiger partial charge in [-0.05, 0) is 51.2 Å². The normalized spacial score (nSPS) is 31.9. The molecule has 21 heavy (non-hydrogen) atoms. The maximum atomic E-state index is 9.93. The average molecular weight is 297 g/mol. The molecule has 0 amide bonds. The van der Waals surface area contributed by atoms with Crippen LogP contribution in [0.3, 0.4) is 0 Å². The number of nitrogens with zero attached hydrogens (tertiary/aromatic N) is 2. The molecule has 0 bridgehead atoms. The summed E-state index contributed by atoms with van der Waals surface area (Å²) in [5.41, 5.74) is 0.0151. The molecule has 1 aliphatic heterocycles. The van der Waals surface area contributed by atoms with Gasteiger partial charge in [-0.3, -0.25) is 0 Å². The van der Waals surface area contributed by atoms with E-state index in [9.17, 15) is 5.11 Å². The molecule has 4 nitrogen and oxygen atoms in total. The largest absolute Gasteiger partial charge is 0.394 e. The molecule has 2 N–H and O–H groups in total. The van der Waals surface area contributed by atoms with Crippen LogP contribution in [0.5, 0.6) is 0 Å². The highest BCUT2D eigenvalue weighted by atomic mass is 16.3. The summed E-state index contributed by atoms with van der Waals surface area (Å²) in [6.45, 7) is 13.1. The van der Waals surface area contributed by atoms with Gasteiger partial charge in [0.25, 0.3) is 0 Å². The molecule has 2 unspecified atom stereocenters. The fourth-order valence-electron chi connectivity index (χ4n) is 4.10. The van der Waals surface area contributed by atoms with Gasteiger partial charge in [-0.25, -0.2) is 0 Å². The second-order valence-electron chi connectivity index (χ2n) is 6.89. The summed E-state index contributed by atoms with van der Waals surface area (Å²) >= 11 is 0. The lowest BCUT2D eigenvalue weighted by Crippen LogP contribution is -2.53. The minimum Gasteiger partial charge on any atom is -0.394 e. The molecule has 1 saturated heterocycles. The van der Waals surface area contributed by atoms with E-state index in [1.54, 1.807) is 0 Å². The summed E-state index contributed by atoms with van der Waals surface area (Å²) in [6.07, 6.45) is 6.09. The Morgan fingerprint density at radius 3 is 2.48 bits per heavy atom. The molecule has 1 heterocycles. The van der Waals surface area contributed by atoms with Crippen LogP contribution in [0.25, 0.3) is 0 Å². The molecule has 0 aromatic rings. The number of rotatable bonds is 8. The van der Waals surface area contributed by atoms with E-state index < -0.39 is 0 Å². The third-order valence-electron chi connectivity index (χ3n) is 5.67. The SMILES string of the molecule is CCCNC1(CO)CCCC1CCN1CCN(CC)CC1. The first kappa shape index (κ1) is 17.2. The van der Waals surface area contributed by atoms with Crippen molar-refractivity contribution in [2.75, 3.05) is 52.4 Å². The molecule has 124 valence electrons. The average Bonchev–Trinajstić information content (AvgIpc) is 2.94. The van der Waals surface area contributed by atoms with Crippen molar-refractivity contribution in [2.45, 2.75) is 51.5 Å². The zero-order valence-corrected chi connectivity index (χ0v) is 14.1. The first-order valence-electron chi connectivity index (χ1n) is 9.04. The van der Waals surface area contributed by atoms with Gasteiger partial charge in [-0.1, -0.05) is 20.3 Å². The molecule has 0 spiro atoms. The van der Waals surface area contributed by atoms with E-state index in [-0.39, 0.29) is 5.54 Å². The predicted molar refractivity (Wildman–Crippen MR) is 88.6 cm³/mol. The lowest BCUT2D eigenvalue weighted by atomic mass is 9.85. The van der Waals surface area contributed by atoms with Gasteiger partial charge < -0.3 is 20.2 Å². The van der Waals surface area contributed by atoms with Crippen LogP contribution in [0, 0.1) is 5.92 Å². The van der Waals surface area contributed by atoms with Gasteiger partial charge in [0.2, 0.25) is 0 Å². The zero-order valence-electron chi connectivity index (χ0n) is 14.1. The van der Waals surface area contributed by atoms with Gasteiger partial charge in [-0.15, -0.1) is 0 Å². The van der Waals surface area contributed by atoms with Gasteiger partial charge in [0.05, 0.1) is 6.61 Å². The van der Waals surface area contributed by atoms with Crippen LogP contribution in [-0.4, -0.2) is 72.9 Å². The number of aliphatic hydroxyl groups excluding tert-OH is 1. The second kappa shape index (κ2) is 8.47. The molecule has 0 radical (unpaired) electrons. The first-order chi connectivity index (χ1) is 10.2. The molecule has 1 aliphatic carbocycles. The van der Waals surface area contributed by atoms with E-state index in [2.05, 4.69) is 29.0 Å². The Labute approximate surface area is 130 Å². The van der Waals surface area contributed by atoms with Gasteiger partial charge in [0, 0.05) is 31.7 Å². The van der Waals surface area contributed by atoms with Crippen molar-refractivity contribution in [2.24, 2.45) is 5.92 Å². The Kier molecular flexibility index (Phi) is 6.93. The Morgan fingerprint density at radius 2 is 1.86 bits per heavy atom. The molecule has 0 aromatic carbocycles. The van der Waals surface area contributed by atoms with E-state index in [0.717, 1.165) is 19.4 Å². The van der Waals surface area contributed by atoms with E-state index in [1.807, 2.05) is 0 Å². The highest BCUT2D eigenvalue weighted by molar-refractivity contribution is 4.99. The highest BCUT2D eigenvalue weighted by Crippen LogP contribution is 2.37. The fraction of sp³-hybridized carbons (Fsp3) is 1.00. The van der Waals surface area contributed by atoms with Crippen LogP contribution >= 0.6 is 0 Å². The topological polar surface area (TPSA) is 38.7 Å². The zero-order chi connectivity index (χ0) is 15.1. The predicted octanol–water partition coefficient (Wildman–Crippen LogP) is 1.54. The lowest BCUT2D eigenvalue weighted by molar-refractivity contribution is 0.0962. The minimum atomic E-state index is 0.0151. The molecule has 2 fully saturated rings. The second-order valence-corrected chi connectivity index (χ2v) is 6.89. The summed E-state index contributed by atoms with van der Waals surface area (Å²) in [5, 5.41) is 13.6. The number of hydrogen-bond acceptors (Lipinski definition) is 4. The molecule has 0 aromatic heterocycles. The Bertz CT molecular complexity index is 292. The van der Waals surface area contributed by atoms with Crippen molar-refractivity contribution in [3.8, 4) is 0 Å². The molecular formula is C17H35N3O. The van der Waals surface area contributed by atoms with Crippen molar-refractivity contribution >= 4 is 0 Å². The number of aliphatic hydroxyl groups is 1. The monoisotopic (exact) mass is 297 g/mol. The number of likely N-dealkylation sites (N-methyl/N-ethyl adjacent to an activating group) is 1. The Morgan fingerprint density at radius 1 is 1.14 bits per heavy atom. The standard InChI is InChI=1S/C17H35N3O/c1-3-9-18-17(15-21)8-5-6-16(17)7-10-20-13-11-19(4-2)12-14-20/h16,18,21H,3-15H2,1-2H3. The quantitative estimate of drug-likeness (QED) is 0.713. The lowest BCUT2D eigenvalue weighted by Gasteiger charge is -2.38. The van der Waals surface area contributed by atoms with Crippen LogP contribution in [0.2, 0.25) is 0 Å². The summed E-state index contributed by atoms with van der Waals surface area (Å²) in [7, 11) is 0. The molecule has 1 saturated carbocycles. The molecule has 2 atom stereocenters. The summed E-state index contributed by atoms with van der Waals surface area (Å²) in [6, 6.07) is 0. The van der Waals surface area contributed by atoms with Crippen molar-refractivity contribution in [3.63, 3.8) is 0 Å². The molecular weight excluding hydrogens is 262 g/mol. The van der Waals surface area contributed by atoms with Gasteiger partial charge >= 0.3 is 0 Å². The number of nitrogens with one attached hydrogen (secondary N) is 1. The van der Waals surface area contributed by atoms with Gasteiger partial charge in [0.15, 0.2) is 0 Å². The van der Waals surface area contributed by atoms with Crippen molar-refractivity contribution in [1.82, 2.24) is 15.1 Å². The van der Waals surface area contributed by atoms with Crippen LogP contribution in [-0.2, 0) is 0 Å². The van der Waals surface area contributed by atoms with Crippen molar-refractivity contribution in [1.29, 1.82) is 0 Å². The Balaban J connectivity index is 1.78. The summed E-state index contributed by atoms with van der Waals surface area (Å²) in [4.78, 5) is 5.15. The van der Waals surface area contributed by atoms with Gasteiger partial charge in [-0.2, -0.15) is 0 Å². The van der Waals surface area contributed by atoms with Crippen LogP contribution < -0.4 is 5.32 Å². The van der Waals surface area contributed by atoms with Crippen LogP contribution in [0.1, 0.15) is 46.0 Å². The fourth-order valence-corrected chi connectivity index (χ4v) is 4.10. The number of hydrogen-bond donors (Lipinski definition) is 2. The highest BCUT2D eigenvalue weighted by Gasteiger charge is 2.41. The summed E-state index contributed by atoms with van der Waals surface area (Å²) < 4.78 is 0. The third-order valence-corrected chi connectivity index (χ3v) is 5.67. The van der Waals surface area contributed by atoms with E-state index in [0.29, 0.717) is 12.5 Å². The Hall–Kier alpha value is -0.160. The van der Waals surface area contributed by atoms with E-state index in [4.69, 9.17) is 0 Å². The maximum Gasteiger partial charge on any atom is 0.0616 e. The smallest absolute Gasteiger partial charge is 0.0616 e. The van der Waals surface area contributed by atoms with Crippen LogP contribution in [0.15, 0.2) is 0 Å². The number of piperazine rings is 1. The van der Waals surface area contributed by atoms with E-state index >= 15 is 0 Å². The van der Waals surface area contributed by atoms with Crippen molar-refractivity contribution in [3.05, 3.63) is 0 Å². The van der Waals surface area contributed by atoms with Crippen molar-refractivity contribution < 1.29 is 5.11 Å². The molecule has 4 heteroatoms. The minimum absolute atomic E-state index is 0.0151.